The lowest BCUT2D eigenvalue weighted by Gasteiger charge is -2.61. The standard InChI is InChI=1S/C33H41F3N6O/c1-19-17-41(10-9-37-19)32(40-29-13-22-12-27(20(29)2)33(22,3)4)39-24-7-8-26-30(15-24)38-18-42(31(26)43)25(16-34)11-21-5-6-23(35)14-28(21)36/h5-8,14-15,18-20,22,25,27,29,37H,9-13,16-17H2,1-4H3,(H,39,40)/t19-,20-,22-,25-,27+,29-/m0/s1. The van der Waals surface area contributed by atoms with E-state index < -0.39 is 29.9 Å². The van der Waals surface area contributed by atoms with Gasteiger partial charge in [0, 0.05) is 37.4 Å². The van der Waals surface area contributed by atoms with Gasteiger partial charge in [-0.2, -0.15) is 0 Å². The number of hydrogen-bond donors (Lipinski definition) is 2. The third-order valence-corrected chi connectivity index (χ3v) is 10.4. The Hall–Kier alpha value is -3.40. The largest absolute Gasteiger partial charge is 0.340 e. The van der Waals surface area contributed by atoms with Crippen molar-refractivity contribution >= 4 is 22.5 Å². The summed E-state index contributed by atoms with van der Waals surface area (Å²) in [7, 11) is 0. The number of benzene rings is 2. The highest BCUT2D eigenvalue weighted by Gasteiger charge is 2.56. The lowest BCUT2D eigenvalue weighted by molar-refractivity contribution is -0.108. The first kappa shape index (κ1) is 29.7. The summed E-state index contributed by atoms with van der Waals surface area (Å²) in [5.41, 5.74) is 1.35. The molecule has 230 valence electrons. The fraction of sp³-hybridized carbons (Fsp3) is 0.545. The first-order valence-electron chi connectivity index (χ1n) is 15.4. The highest BCUT2D eigenvalue weighted by atomic mass is 19.1. The minimum atomic E-state index is -0.968. The van der Waals surface area contributed by atoms with E-state index in [0.29, 0.717) is 40.1 Å². The van der Waals surface area contributed by atoms with Crippen molar-refractivity contribution < 1.29 is 13.2 Å². The zero-order valence-corrected chi connectivity index (χ0v) is 25.3. The third kappa shape index (κ3) is 5.66. The Morgan fingerprint density at radius 3 is 2.70 bits per heavy atom. The van der Waals surface area contributed by atoms with Gasteiger partial charge in [0.25, 0.3) is 5.56 Å². The molecule has 1 saturated heterocycles. The van der Waals surface area contributed by atoms with Crippen LogP contribution in [0, 0.1) is 34.8 Å². The fourth-order valence-corrected chi connectivity index (χ4v) is 7.54. The van der Waals surface area contributed by atoms with Gasteiger partial charge in [-0.1, -0.05) is 26.8 Å². The first-order valence-corrected chi connectivity index (χ1v) is 15.4. The average Bonchev–Trinajstić information content (AvgIpc) is 2.97. The van der Waals surface area contributed by atoms with Crippen LogP contribution in [0.2, 0.25) is 0 Å². The van der Waals surface area contributed by atoms with Crippen LogP contribution in [-0.2, 0) is 6.42 Å². The summed E-state index contributed by atoms with van der Waals surface area (Å²) in [5, 5.41) is 7.40. The summed E-state index contributed by atoms with van der Waals surface area (Å²) in [6, 6.07) is 8.11. The smallest absolute Gasteiger partial charge is 0.261 e. The van der Waals surface area contributed by atoms with Gasteiger partial charge in [0.1, 0.15) is 18.3 Å². The number of fused-ring (bicyclic) bond motifs is 3. The molecular weight excluding hydrogens is 553 g/mol. The number of nitrogens with one attached hydrogen (secondary N) is 2. The van der Waals surface area contributed by atoms with Gasteiger partial charge in [-0.3, -0.25) is 9.36 Å². The molecule has 7 nitrogen and oxygen atoms in total. The van der Waals surface area contributed by atoms with Gasteiger partial charge in [0.2, 0.25) is 0 Å². The van der Waals surface area contributed by atoms with Crippen molar-refractivity contribution in [1.82, 2.24) is 19.8 Å². The normalized spacial score (nSPS) is 27.6. The van der Waals surface area contributed by atoms with E-state index in [2.05, 4.69) is 48.2 Å². The Kier molecular flexibility index (Phi) is 8.00. The van der Waals surface area contributed by atoms with Gasteiger partial charge < -0.3 is 15.5 Å². The van der Waals surface area contributed by atoms with E-state index in [1.807, 2.05) is 12.1 Å². The molecule has 0 radical (unpaired) electrons. The molecule has 4 fully saturated rings. The van der Waals surface area contributed by atoms with E-state index >= 15 is 0 Å². The fourth-order valence-electron chi connectivity index (χ4n) is 7.54. The number of anilines is 1. The number of piperazine rings is 1. The molecule has 2 bridgehead atoms. The van der Waals surface area contributed by atoms with Crippen LogP contribution in [-0.4, -0.2) is 58.8 Å². The summed E-state index contributed by atoms with van der Waals surface area (Å²) in [4.78, 5) is 25.5. The van der Waals surface area contributed by atoms with Gasteiger partial charge in [0.05, 0.1) is 29.3 Å². The van der Waals surface area contributed by atoms with Crippen LogP contribution >= 0.6 is 0 Å². The Morgan fingerprint density at radius 1 is 1.19 bits per heavy atom. The second-order valence-electron chi connectivity index (χ2n) is 13.3. The van der Waals surface area contributed by atoms with Crippen molar-refractivity contribution in [1.29, 1.82) is 0 Å². The molecule has 1 aliphatic heterocycles. The lowest BCUT2D eigenvalue weighted by atomic mass is 9.45. The third-order valence-electron chi connectivity index (χ3n) is 10.4. The van der Waals surface area contributed by atoms with Crippen LogP contribution in [0.25, 0.3) is 10.9 Å². The number of aliphatic imine (C=N–C) groups is 1. The van der Waals surface area contributed by atoms with E-state index in [0.717, 1.165) is 49.8 Å². The van der Waals surface area contributed by atoms with Crippen molar-refractivity contribution in [2.24, 2.45) is 28.2 Å². The quantitative estimate of drug-likeness (QED) is 0.289. The maximum Gasteiger partial charge on any atom is 0.261 e. The number of rotatable bonds is 6. The van der Waals surface area contributed by atoms with Crippen molar-refractivity contribution in [3.05, 3.63) is 70.3 Å². The van der Waals surface area contributed by atoms with Crippen LogP contribution in [0.15, 0.2) is 52.5 Å². The second kappa shape index (κ2) is 11.6. The molecule has 0 spiro atoms. The van der Waals surface area contributed by atoms with E-state index in [1.165, 1.54) is 23.4 Å². The van der Waals surface area contributed by atoms with Gasteiger partial charge in [-0.15, -0.1) is 0 Å². The SMILES string of the molecule is C[C@@H]1[C@@H](N=C(Nc2ccc3c(=O)n([C@H](CF)Cc4ccc(F)cc4F)cnc3c2)N2CCN[C@@H](C)C2)C[C@@H]2C[C@H]1C2(C)C. The number of halogens is 3. The summed E-state index contributed by atoms with van der Waals surface area (Å²) in [6.07, 6.45) is 3.60. The molecule has 0 amide bonds. The van der Waals surface area contributed by atoms with Crippen LogP contribution < -0.4 is 16.2 Å². The topological polar surface area (TPSA) is 74.5 Å². The number of aromatic nitrogens is 2. The van der Waals surface area contributed by atoms with Crippen molar-refractivity contribution in [3.63, 3.8) is 0 Å². The molecule has 10 heteroatoms. The summed E-state index contributed by atoms with van der Waals surface area (Å²) in [6.45, 7) is 11.0. The van der Waals surface area contributed by atoms with Crippen LogP contribution in [0.4, 0.5) is 18.9 Å². The summed E-state index contributed by atoms with van der Waals surface area (Å²) < 4.78 is 42.9. The molecule has 3 aromatic rings. The molecule has 4 aliphatic rings. The van der Waals surface area contributed by atoms with Gasteiger partial charge in [-0.05, 0) is 79.2 Å². The maximum atomic E-state index is 14.3. The molecule has 3 aliphatic carbocycles. The van der Waals surface area contributed by atoms with E-state index in [4.69, 9.17) is 4.99 Å². The predicted octanol–water partition coefficient (Wildman–Crippen LogP) is 5.56. The zero-order chi connectivity index (χ0) is 30.5. The number of alkyl halides is 1. The molecule has 7 rings (SSSR count). The van der Waals surface area contributed by atoms with Crippen LogP contribution in [0.5, 0.6) is 0 Å². The highest BCUT2D eigenvalue weighted by Crippen LogP contribution is 2.61. The molecule has 0 unspecified atom stereocenters. The van der Waals surface area contributed by atoms with Gasteiger partial charge >= 0.3 is 0 Å². The Balaban J connectivity index is 1.27. The zero-order valence-electron chi connectivity index (χ0n) is 25.3. The first-order chi connectivity index (χ1) is 20.5. The molecule has 43 heavy (non-hydrogen) atoms. The molecule has 6 atom stereocenters. The van der Waals surface area contributed by atoms with Crippen LogP contribution in [0.1, 0.15) is 52.1 Å². The summed E-state index contributed by atoms with van der Waals surface area (Å²) >= 11 is 0. The molecule has 2 N–H and O–H groups in total. The minimum Gasteiger partial charge on any atom is -0.340 e. The number of hydrogen-bond acceptors (Lipinski definition) is 4. The molecular formula is C33H41F3N6O. The van der Waals surface area contributed by atoms with Crippen molar-refractivity contribution in [3.8, 4) is 0 Å². The average molecular weight is 595 g/mol. The molecule has 1 aromatic heterocycles. The second-order valence-corrected chi connectivity index (χ2v) is 13.3. The monoisotopic (exact) mass is 594 g/mol. The van der Waals surface area contributed by atoms with E-state index in [-0.39, 0.29) is 18.0 Å². The number of guanidine groups is 1. The summed E-state index contributed by atoms with van der Waals surface area (Å²) in [5.74, 6) is 1.25. The van der Waals surface area contributed by atoms with E-state index in [1.54, 1.807) is 6.07 Å². The Morgan fingerprint density at radius 2 is 2.00 bits per heavy atom. The van der Waals surface area contributed by atoms with Gasteiger partial charge in [-0.25, -0.2) is 23.1 Å². The molecule has 2 heterocycles. The highest BCUT2D eigenvalue weighted by molar-refractivity contribution is 5.96. The lowest BCUT2D eigenvalue weighted by Crippen LogP contribution is -2.57. The Labute approximate surface area is 250 Å². The van der Waals surface area contributed by atoms with Crippen molar-refractivity contribution in [2.75, 3.05) is 31.6 Å². The molecule has 3 saturated carbocycles. The number of nitrogens with zero attached hydrogens (tertiary/aromatic N) is 4. The van der Waals surface area contributed by atoms with Gasteiger partial charge in [0.15, 0.2) is 5.96 Å². The predicted molar refractivity (Wildman–Crippen MR) is 164 cm³/mol. The maximum absolute atomic E-state index is 14.3. The van der Waals surface area contributed by atoms with E-state index in [9.17, 15) is 18.0 Å². The van der Waals surface area contributed by atoms with Crippen LogP contribution in [0.3, 0.4) is 0 Å². The van der Waals surface area contributed by atoms with Crippen molar-refractivity contribution in [2.45, 2.75) is 65.1 Å². The Bertz CT molecular complexity index is 1590. The minimum absolute atomic E-state index is 0.100. The molecule has 2 aromatic carbocycles.